The third kappa shape index (κ3) is 4.52. The van der Waals surface area contributed by atoms with E-state index < -0.39 is 0 Å². The second kappa shape index (κ2) is 8.06. The summed E-state index contributed by atoms with van der Waals surface area (Å²) >= 11 is 5.02. The van der Waals surface area contributed by atoms with Gasteiger partial charge in [0.2, 0.25) is 5.91 Å². The number of amides is 1. The number of carbonyl (C=O) groups excluding carboxylic acids is 1. The molecule has 0 radical (unpaired) electrons. The quantitative estimate of drug-likeness (QED) is 0.823. The van der Waals surface area contributed by atoms with Crippen LogP contribution in [0.4, 0.5) is 5.13 Å². The number of carbonyl (C=O) groups is 1. The van der Waals surface area contributed by atoms with E-state index in [-0.39, 0.29) is 24.2 Å². The van der Waals surface area contributed by atoms with Gasteiger partial charge in [0, 0.05) is 28.5 Å². The lowest BCUT2D eigenvalue weighted by molar-refractivity contribution is -0.119. The Kier molecular flexibility index (Phi) is 6.37. The second-order valence-corrected chi connectivity index (χ2v) is 7.15. The molecule has 1 saturated heterocycles. The molecule has 2 heterocycles. The zero-order valence-electron chi connectivity index (χ0n) is 11.8. The number of thiazole rings is 1. The monoisotopic (exact) mass is 401 g/mol. The predicted octanol–water partition coefficient (Wildman–Crippen LogP) is 3.47. The topological polar surface area (TPSA) is 54.0 Å². The van der Waals surface area contributed by atoms with Gasteiger partial charge in [-0.3, -0.25) is 4.79 Å². The minimum Gasteiger partial charge on any atom is -0.316 e. The van der Waals surface area contributed by atoms with Gasteiger partial charge in [-0.25, -0.2) is 4.98 Å². The van der Waals surface area contributed by atoms with Crippen LogP contribution in [0.2, 0.25) is 0 Å². The molecule has 1 aromatic heterocycles. The molecule has 4 nitrogen and oxygen atoms in total. The van der Waals surface area contributed by atoms with Gasteiger partial charge in [-0.05, 0) is 30.7 Å². The van der Waals surface area contributed by atoms with Crippen LogP contribution >= 0.6 is 39.7 Å². The molecule has 1 aromatic carbocycles. The standard InChI is InChI=1S/C15H16BrN3OS.ClH/c16-12-3-1-2-10(6-12)7-13-9-18-15(21-13)19-14(20)11-4-5-17-8-11;/h1-3,6,9,11,17H,4-5,7-8H2,(H,18,19,20);1H. The lowest BCUT2D eigenvalue weighted by atomic mass is 10.1. The SMILES string of the molecule is Cl.O=C(Nc1ncc(Cc2cccc(Br)c2)s1)C1CCNC1. The van der Waals surface area contributed by atoms with E-state index in [4.69, 9.17) is 0 Å². The highest BCUT2D eigenvalue weighted by molar-refractivity contribution is 9.10. The number of hydrogen-bond acceptors (Lipinski definition) is 4. The van der Waals surface area contributed by atoms with Gasteiger partial charge in [-0.15, -0.1) is 23.7 Å². The zero-order chi connectivity index (χ0) is 14.7. The maximum absolute atomic E-state index is 12.0. The maximum Gasteiger partial charge on any atom is 0.230 e. The van der Waals surface area contributed by atoms with Crippen LogP contribution in [0.5, 0.6) is 0 Å². The normalized spacial score (nSPS) is 17.0. The van der Waals surface area contributed by atoms with Gasteiger partial charge in [0.1, 0.15) is 0 Å². The first-order valence-electron chi connectivity index (χ1n) is 6.91. The molecule has 0 saturated carbocycles. The Labute approximate surface area is 148 Å². The van der Waals surface area contributed by atoms with Crippen molar-refractivity contribution in [2.24, 2.45) is 5.92 Å². The number of halogens is 2. The summed E-state index contributed by atoms with van der Waals surface area (Å²) in [5.74, 6) is 0.144. The van der Waals surface area contributed by atoms with E-state index >= 15 is 0 Å². The fourth-order valence-electron chi connectivity index (χ4n) is 2.38. The van der Waals surface area contributed by atoms with Gasteiger partial charge in [-0.1, -0.05) is 28.1 Å². The van der Waals surface area contributed by atoms with Crippen LogP contribution in [0.25, 0.3) is 0 Å². The van der Waals surface area contributed by atoms with Gasteiger partial charge in [0.05, 0.1) is 5.92 Å². The van der Waals surface area contributed by atoms with Crippen molar-refractivity contribution in [3.63, 3.8) is 0 Å². The molecular formula is C15H17BrClN3OS. The van der Waals surface area contributed by atoms with E-state index in [1.165, 1.54) is 5.56 Å². The Balaban J connectivity index is 0.00000176. The summed E-state index contributed by atoms with van der Waals surface area (Å²) in [6, 6.07) is 8.22. The molecule has 1 atom stereocenters. The summed E-state index contributed by atoms with van der Waals surface area (Å²) in [5, 5.41) is 6.81. The smallest absolute Gasteiger partial charge is 0.230 e. The minimum atomic E-state index is 0. The molecule has 0 bridgehead atoms. The predicted molar refractivity (Wildman–Crippen MR) is 95.9 cm³/mol. The average molecular weight is 403 g/mol. The van der Waals surface area contributed by atoms with Crippen LogP contribution in [0, 0.1) is 5.92 Å². The Morgan fingerprint density at radius 1 is 1.50 bits per heavy atom. The molecule has 0 spiro atoms. The number of nitrogens with zero attached hydrogens (tertiary/aromatic N) is 1. The summed E-state index contributed by atoms with van der Waals surface area (Å²) < 4.78 is 1.08. The van der Waals surface area contributed by atoms with Crippen LogP contribution in [-0.2, 0) is 11.2 Å². The molecule has 118 valence electrons. The Hall–Kier alpha value is -0.950. The first-order valence-corrected chi connectivity index (χ1v) is 8.52. The number of anilines is 1. The molecule has 1 fully saturated rings. The molecule has 1 amide bonds. The molecule has 1 aliphatic heterocycles. The molecular weight excluding hydrogens is 386 g/mol. The van der Waals surface area contributed by atoms with Crippen molar-refractivity contribution in [3.05, 3.63) is 45.4 Å². The van der Waals surface area contributed by atoms with Gasteiger partial charge >= 0.3 is 0 Å². The van der Waals surface area contributed by atoms with E-state index in [1.807, 2.05) is 18.3 Å². The fourth-order valence-corrected chi connectivity index (χ4v) is 3.68. The van der Waals surface area contributed by atoms with E-state index in [0.717, 1.165) is 35.3 Å². The van der Waals surface area contributed by atoms with E-state index in [2.05, 4.69) is 43.7 Å². The van der Waals surface area contributed by atoms with Crippen molar-refractivity contribution >= 4 is 50.7 Å². The minimum absolute atomic E-state index is 0. The highest BCUT2D eigenvalue weighted by Crippen LogP contribution is 2.23. The maximum atomic E-state index is 12.0. The van der Waals surface area contributed by atoms with Crippen LogP contribution in [-0.4, -0.2) is 24.0 Å². The van der Waals surface area contributed by atoms with E-state index in [1.54, 1.807) is 11.3 Å². The van der Waals surface area contributed by atoms with Crippen molar-refractivity contribution in [2.45, 2.75) is 12.8 Å². The number of nitrogens with one attached hydrogen (secondary N) is 2. The Morgan fingerprint density at radius 3 is 3.09 bits per heavy atom. The fraction of sp³-hybridized carbons (Fsp3) is 0.333. The molecule has 2 aromatic rings. The third-order valence-corrected chi connectivity index (χ3v) is 4.89. The molecule has 1 unspecified atom stereocenters. The van der Waals surface area contributed by atoms with Crippen molar-refractivity contribution in [1.29, 1.82) is 0 Å². The lowest BCUT2D eigenvalue weighted by Crippen LogP contribution is -2.24. The van der Waals surface area contributed by atoms with Gasteiger partial charge in [0.15, 0.2) is 5.13 Å². The summed E-state index contributed by atoms with van der Waals surface area (Å²) in [6.45, 7) is 1.69. The Morgan fingerprint density at radius 2 is 2.36 bits per heavy atom. The molecule has 7 heteroatoms. The molecule has 3 rings (SSSR count). The average Bonchev–Trinajstić information content (AvgIpc) is 3.10. The van der Waals surface area contributed by atoms with Crippen molar-refractivity contribution in [1.82, 2.24) is 10.3 Å². The van der Waals surface area contributed by atoms with Crippen LogP contribution < -0.4 is 10.6 Å². The number of rotatable bonds is 4. The van der Waals surface area contributed by atoms with E-state index in [0.29, 0.717) is 5.13 Å². The first-order chi connectivity index (χ1) is 10.2. The number of aromatic nitrogens is 1. The summed E-state index contributed by atoms with van der Waals surface area (Å²) in [7, 11) is 0. The highest BCUT2D eigenvalue weighted by Gasteiger charge is 2.23. The van der Waals surface area contributed by atoms with Crippen molar-refractivity contribution < 1.29 is 4.79 Å². The van der Waals surface area contributed by atoms with Gasteiger partial charge < -0.3 is 10.6 Å². The molecule has 0 aliphatic carbocycles. The van der Waals surface area contributed by atoms with Crippen molar-refractivity contribution in [3.8, 4) is 0 Å². The Bertz CT molecular complexity index is 643. The third-order valence-electron chi connectivity index (χ3n) is 3.48. The lowest BCUT2D eigenvalue weighted by Gasteiger charge is -2.06. The second-order valence-electron chi connectivity index (χ2n) is 5.12. The summed E-state index contributed by atoms with van der Waals surface area (Å²) in [5.41, 5.74) is 1.23. The molecule has 22 heavy (non-hydrogen) atoms. The first kappa shape index (κ1) is 17.4. The van der Waals surface area contributed by atoms with Crippen LogP contribution in [0.15, 0.2) is 34.9 Å². The van der Waals surface area contributed by atoms with Crippen molar-refractivity contribution in [2.75, 3.05) is 18.4 Å². The van der Waals surface area contributed by atoms with Crippen LogP contribution in [0.3, 0.4) is 0 Å². The zero-order valence-corrected chi connectivity index (χ0v) is 15.1. The highest BCUT2D eigenvalue weighted by atomic mass is 79.9. The van der Waals surface area contributed by atoms with Gasteiger partial charge in [0.25, 0.3) is 0 Å². The van der Waals surface area contributed by atoms with E-state index in [9.17, 15) is 4.79 Å². The number of benzene rings is 1. The largest absolute Gasteiger partial charge is 0.316 e. The molecule has 2 N–H and O–H groups in total. The van der Waals surface area contributed by atoms with Gasteiger partial charge in [-0.2, -0.15) is 0 Å². The number of hydrogen-bond donors (Lipinski definition) is 2. The summed E-state index contributed by atoms with van der Waals surface area (Å²) in [4.78, 5) is 17.5. The molecule has 1 aliphatic rings. The summed E-state index contributed by atoms with van der Waals surface area (Å²) in [6.07, 6.45) is 3.58. The van der Waals surface area contributed by atoms with Crippen LogP contribution in [0.1, 0.15) is 16.9 Å².